The molecule has 0 amide bonds. The van der Waals surface area contributed by atoms with Gasteiger partial charge < -0.3 is 5.11 Å². The number of carboxylic acid groups (broad SMARTS) is 1. The van der Waals surface area contributed by atoms with Crippen molar-refractivity contribution in [1.29, 1.82) is 0 Å². The molecule has 1 saturated heterocycles. The minimum atomic E-state index is -0.907. The Morgan fingerprint density at radius 1 is 1.31 bits per heavy atom. The number of carbonyl (C=O) groups excluding carboxylic acids is 1. The summed E-state index contributed by atoms with van der Waals surface area (Å²) in [7, 11) is 0. The molecule has 1 unspecified atom stereocenters. The largest absolute Gasteiger partial charge is 0.480 e. The third kappa shape index (κ3) is 2.25. The topological polar surface area (TPSA) is 66.4 Å². The summed E-state index contributed by atoms with van der Waals surface area (Å²) in [6.07, 6.45) is 0. The van der Waals surface area contributed by atoms with Gasteiger partial charge in [0.15, 0.2) is 5.78 Å². The lowest BCUT2D eigenvalue weighted by Crippen LogP contribution is -2.39. The summed E-state index contributed by atoms with van der Waals surface area (Å²) in [6.45, 7) is 0. The highest BCUT2D eigenvalue weighted by Gasteiger charge is 2.33. The number of aliphatic carboxylic acids is 1. The Kier molecular flexibility index (Phi) is 3.26. The van der Waals surface area contributed by atoms with E-state index in [1.807, 2.05) is 6.07 Å². The predicted molar refractivity (Wildman–Crippen MR) is 61.6 cm³/mol. The molecule has 0 aromatic heterocycles. The monoisotopic (exact) mass is 237 g/mol. The first-order valence-corrected chi connectivity index (χ1v) is 5.93. The van der Waals surface area contributed by atoms with E-state index in [9.17, 15) is 9.59 Å². The van der Waals surface area contributed by atoms with E-state index < -0.39 is 17.4 Å². The average molecular weight is 237 g/mol. The van der Waals surface area contributed by atoms with Gasteiger partial charge in [0.2, 0.25) is 0 Å². The Balaban J connectivity index is 2.05. The van der Waals surface area contributed by atoms with E-state index in [4.69, 9.17) is 5.11 Å². The van der Waals surface area contributed by atoms with Gasteiger partial charge in [0.05, 0.1) is 0 Å². The van der Waals surface area contributed by atoms with Crippen LogP contribution in [0.3, 0.4) is 0 Å². The van der Waals surface area contributed by atoms with Crippen molar-refractivity contribution in [3.8, 4) is 0 Å². The molecule has 1 heterocycles. The van der Waals surface area contributed by atoms with Gasteiger partial charge in [-0.05, 0) is 0 Å². The number of carboxylic acids is 1. The van der Waals surface area contributed by atoms with Gasteiger partial charge in [0.25, 0.3) is 0 Å². The highest BCUT2D eigenvalue weighted by molar-refractivity contribution is 8.00. The summed E-state index contributed by atoms with van der Waals surface area (Å²) in [5, 5.41) is 11.2. The third-order valence-electron chi connectivity index (χ3n) is 2.38. The Labute approximate surface area is 97.0 Å². The maximum absolute atomic E-state index is 11.9. The number of hydrogen-bond donors (Lipinski definition) is 2. The van der Waals surface area contributed by atoms with Crippen LogP contribution in [0.15, 0.2) is 30.3 Å². The molecule has 1 fully saturated rings. The number of Topliss-reactive ketones (excluding diaryl/α,β-unsaturated/α-hetero) is 1. The van der Waals surface area contributed by atoms with Crippen LogP contribution in [0.1, 0.15) is 10.4 Å². The maximum Gasteiger partial charge on any atom is 0.321 e. The van der Waals surface area contributed by atoms with Gasteiger partial charge >= 0.3 is 5.97 Å². The van der Waals surface area contributed by atoms with Crippen LogP contribution in [0.2, 0.25) is 0 Å². The molecule has 1 aromatic rings. The minimum absolute atomic E-state index is 0.0608. The number of rotatable bonds is 3. The van der Waals surface area contributed by atoms with Crippen LogP contribution in [0.5, 0.6) is 0 Å². The molecule has 0 aliphatic carbocycles. The molecule has 4 nitrogen and oxygen atoms in total. The molecule has 1 aliphatic rings. The van der Waals surface area contributed by atoms with Crippen molar-refractivity contribution in [2.45, 2.75) is 11.4 Å². The van der Waals surface area contributed by atoms with Crippen LogP contribution in [0, 0.1) is 0 Å². The first-order chi connectivity index (χ1) is 7.68. The molecule has 5 heteroatoms. The molecule has 0 bridgehead atoms. The van der Waals surface area contributed by atoms with E-state index in [0.717, 1.165) is 0 Å². The van der Waals surface area contributed by atoms with Gasteiger partial charge in [0, 0.05) is 11.3 Å². The Bertz CT molecular complexity index is 407. The van der Waals surface area contributed by atoms with Crippen molar-refractivity contribution < 1.29 is 14.7 Å². The van der Waals surface area contributed by atoms with Crippen molar-refractivity contribution >= 4 is 23.5 Å². The zero-order valence-corrected chi connectivity index (χ0v) is 9.24. The fourth-order valence-corrected chi connectivity index (χ4v) is 2.69. The molecule has 16 heavy (non-hydrogen) atoms. The maximum atomic E-state index is 11.9. The summed E-state index contributed by atoms with van der Waals surface area (Å²) in [4.78, 5) is 22.7. The summed E-state index contributed by atoms with van der Waals surface area (Å²) in [5.41, 5.74) is 0.610. The number of benzene rings is 1. The summed E-state index contributed by atoms with van der Waals surface area (Å²) in [5.74, 6) is -0.538. The molecular formula is C11H11NO3S. The standard InChI is InChI=1S/C11H11NO3S/c13-9(7-4-2-1-3-5-7)10-12-8(6-16-10)11(14)15/h1-5,8,10,12H,6H2,(H,14,15)/t8-,10?/m0/s1. The molecule has 0 saturated carbocycles. The lowest BCUT2D eigenvalue weighted by atomic mass is 10.1. The second-order valence-electron chi connectivity index (χ2n) is 3.50. The number of hydrogen-bond acceptors (Lipinski definition) is 4. The molecule has 2 rings (SSSR count). The molecule has 84 valence electrons. The van der Waals surface area contributed by atoms with Crippen molar-refractivity contribution in [3.63, 3.8) is 0 Å². The van der Waals surface area contributed by atoms with E-state index in [0.29, 0.717) is 11.3 Å². The first-order valence-electron chi connectivity index (χ1n) is 4.88. The van der Waals surface area contributed by atoms with E-state index in [1.54, 1.807) is 24.3 Å². The summed E-state index contributed by atoms with van der Waals surface area (Å²) >= 11 is 1.34. The van der Waals surface area contributed by atoms with Gasteiger partial charge in [-0.15, -0.1) is 11.8 Å². The normalized spacial score (nSPS) is 24.2. The minimum Gasteiger partial charge on any atom is -0.480 e. The van der Waals surface area contributed by atoms with Crippen LogP contribution in [0.25, 0.3) is 0 Å². The molecule has 1 aromatic carbocycles. The van der Waals surface area contributed by atoms with Crippen molar-refractivity contribution in [2.24, 2.45) is 0 Å². The van der Waals surface area contributed by atoms with Crippen LogP contribution < -0.4 is 5.32 Å². The third-order valence-corrected chi connectivity index (χ3v) is 3.59. The molecular weight excluding hydrogens is 226 g/mol. The number of thioether (sulfide) groups is 1. The van der Waals surface area contributed by atoms with Gasteiger partial charge in [-0.2, -0.15) is 0 Å². The fourth-order valence-electron chi connectivity index (χ4n) is 1.52. The average Bonchev–Trinajstić information content (AvgIpc) is 2.78. The molecule has 1 aliphatic heterocycles. The highest BCUT2D eigenvalue weighted by atomic mass is 32.2. The first kappa shape index (κ1) is 11.2. The number of carbonyl (C=O) groups is 2. The lowest BCUT2D eigenvalue weighted by Gasteiger charge is -2.09. The summed E-state index contributed by atoms with van der Waals surface area (Å²) < 4.78 is 0. The highest BCUT2D eigenvalue weighted by Crippen LogP contribution is 2.22. The van der Waals surface area contributed by atoms with Crippen LogP contribution in [-0.2, 0) is 4.79 Å². The lowest BCUT2D eigenvalue weighted by molar-refractivity contribution is -0.138. The Hall–Kier alpha value is -1.33. The molecule has 2 atom stereocenters. The van der Waals surface area contributed by atoms with Gasteiger partial charge in [0.1, 0.15) is 11.4 Å². The van der Waals surface area contributed by atoms with Gasteiger partial charge in [-0.3, -0.25) is 14.9 Å². The SMILES string of the molecule is O=C(c1ccccc1)C1N[C@H](C(=O)O)CS1. The predicted octanol–water partition coefficient (Wildman–Crippen LogP) is 0.985. The van der Waals surface area contributed by atoms with Crippen molar-refractivity contribution in [3.05, 3.63) is 35.9 Å². The van der Waals surface area contributed by atoms with Crippen LogP contribution in [-0.4, -0.2) is 34.0 Å². The Morgan fingerprint density at radius 2 is 2.00 bits per heavy atom. The smallest absolute Gasteiger partial charge is 0.321 e. The zero-order chi connectivity index (χ0) is 11.5. The number of ketones is 1. The number of nitrogens with one attached hydrogen (secondary N) is 1. The summed E-state index contributed by atoms with van der Waals surface area (Å²) in [6, 6.07) is 8.27. The van der Waals surface area contributed by atoms with Crippen molar-refractivity contribution in [1.82, 2.24) is 5.32 Å². The Morgan fingerprint density at radius 3 is 2.56 bits per heavy atom. The molecule has 2 N–H and O–H groups in total. The van der Waals surface area contributed by atoms with E-state index in [1.165, 1.54) is 11.8 Å². The van der Waals surface area contributed by atoms with Gasteiger partial charge in [-0.1, -0.05) is 30.3 Å². The fraction of sp³-hybridized carbons (Fsp3) is 0.273. The van der Waals surface area contributed by atoms with Gasteiger partial charge in [-0.25, -0.2) is 0 Å². The second kappa shape index (κ2) is 4.67. The van der Waals surface area contributed by atoms with Crippen LogP contribution in [0.4, 0.5) is 0 Å². The molecule has 0 spiro atoms. The zero-order valence-electron chi connectivity index (χ0n) is 8.42. The quantitative estimate of drug-likeness (QED) is 0.767. The molecule has 0 radical (unpaired) electrons. The van der Waals surface area contributed by atoms with E-state index in [2.05, 4.69) is 5.32 Å². The van der Waals surface area contributed by atoms with E-state index in [-0.39, 0.29) is 5.78 Å². The van der Waals surface area contributed by atoms with E-state index >= 15 is 0 Å². The van der Waals surface area contributed by atoms with Crippen molar-refractivity contribution in [2.75, 3.05) is 5.75 Å². The van der Waals surface area contributed by atoms with Crippen LogP contribution >= 0.6 is 11.8 Å². The second-order valence-corrected chi connectivity index (χ2v) is 4.64.